The zero-order valence-electron chi connectivity index (χ0n) is 20.4. The van der Waals surface area contributed by atoms with Gasteiger partial charge in [-0.25, -0.2) is 4.98 Å². The number of carbonyl (C=O) groups is 1. The highest BCUT2D eigenvalue weighted by Gasteiger charge is 2.38. The second-order valence-electron chi connectivity index (χ2n) is 10.4. The van der Waals surface area contributed by atoms with Crippen molar-refractivity contribution in [3.8, 4) is 34.3 Å². The summed E-state index contributed by atoms with van der Waals surface area (Å²) in [4.78, 5) is 17.8. The van der Waals surface area contributed by atoms with Gasteiger partial charge in [-0.3, -0.25) is 4.79 Å². The summed E-state index contributed by atoms with van der Waals surface area (Å²) in [7, 11) is 0. The van der Waals surface area contributed by atoms with Gasteiger partial charge in [-0.1, -0.05) is 56.1 Å². The topological polar surface area (TPSA) is 75.0 Å². The Kier molecular flexibility index (Phi) is 6.57. The molecule has 0 aliphatic carbocycles. The number of nitrogens with one attached hydrogen (secondary N) is 1. The first kappa shape index (κ1) is 25.0. The molecule has 4 rings (SSSR count). The molecular weight excluding hydrogens is 481 g/mol. The minimum absolute atomic E-state index is 0.0431. The largest absolute Gasteiger partial charge is 0.471 e. The highest BCUT2D eigenvalue weighted by molar-refractivity contribution is 6.33. The molecule has 5 nitrogen and oxygen atoms in total. The van der Waals surface area contributed by atoms with Crippen molar-refractivity contribution < 1.29 is 9.53 Å². The van der Waals surface area contributed by atoms with Gasteiger partial charge < -0.3 is 10.1 Å². The maximum Gasteiger partial charge on any atom is 0.225 e. The van der Waals surface area contributed by atoms with Gasteiger partial charge in [0.25, 0.3) is 0 Å². The lowest BCUT2D eigenvalue weighted by Gasteiger charge is -2.38. The highest BCUT2D eigenvalue weighted by atomic mass is 35.5. The molecule has 0 saturated heterocycles. The Morgan fingerprint density at radius 2 is 1.80 bits per heavy atom. The van der Waals surface area contributed by atoms with Crippen LogP contribution in [-0.4, -0.2) is 16.5 Å². The van der Waals surface area contributed by atoms with Gasteiger partial charge in [0, 0.05) is 33.5 Å². The molecule has 0 radical (unpaired) electrons. The van der Waals surface area contributed by atoms with E-state index in [2.05, 4.69) is 11.4 Å². The number of ether oxygens (including phenoxy) is 1. The van der Waals surface area contributed by atoms with Crippen molar-refractivity contribution in [2.75, 3.05) is 0 Å². The van der Waals surface area contributed by atoms with E-state index in [1.54, 1.807) is 18.2 Å². The lowest BCUT2D eigenvalue weighted by molar-refractivity contribution is -0.129. The molecule has 35 heavy (non-hydrogen) atoms. The van der Waals surface area contributed by atoms with Crippen LogP contribution in [0.15, 0.2) is 48.5 Å². The molecule has 3 aromatic rings. The maximum absolute atomic E-state index is 12.9. The van der Waals surface area contributed by atoms with Gasteiger partial charge in [-0.2, -0.15) is 5.26 Å². The Bertz CT molecular complexity index is 1340. The van der Waals surface area contributed by atoms with Crippen molar-refractivity contribution in [3.63, 3.8) is 0 Å². The van der Waals surface area contributed by atoms with Crippen molar-refractivity contribution in [2.45, 2.75) is 52.7 Å². The first-order valence-electron chi connectivity index (χ1n) is 11.4. The summed E-state index contributed by atoms with van der Waals surface area (Å²) in [5, 5.41) is 13.5. The van der Waals surface area contributed by atoms with E-state index in [1.807, 2.05) is 65.0 Å². The third-order valence-electron chi connectivity index (χ3n) is 5.95. The van der Waals surface area contributed by atoms with Crippen LogP contribution in [0.25, 0.3) is 22.4 Å². The van der Waals surface area contributed by atoms with E-state index in [0.717, 1.165) is 16.7 Å². The number of aromatic nitrogens is 1. The van der Waals surface area contributed by atoms with Crippen molar-refractivity contribution in [1.29, 1.82) is 5.26 Å². The number of amides is 1. The minimum atomic E-state index is -0.538. The zero-order valence-corrected chi connectivity index (χ0v) is 21.9. The molecule has 0 saturated carbocycles. The number of rotatable bonds is 3. The van der Waals surface area contributed by atoms with Crippen LogP contribution >= 0.6 is 23.2 Å². The predicted molar refractivity (Wildman–Crippen MR) is 140 cm³/mol. The molecule has 7 heteroatoms. The van der Waals surface area contributed by atoms with Gasteiger partial charge in [0.2, 0.25) is 11.8 Å². The van der Waals surface area contributed by atoms with Gasteiger partial charge in [-0.15, -0.1) is 0 Å². The number of benzene rings is 2. The summed E-state index contributed by atoms with van der Waals surface area (Å²) in [5.41, 5.74) is 3.22. The van der Waals surface area contributed by atoms with Crippen molar-refractivity contribution in [2.24, 2.45) is 5.41 Å². The van der Waals surface area contributed by atoms with Crippen molar-refractivity contribution in [3.05, 3.63) is 69.7 Å². The van der Waals surface area contributed by atoms with Gasteiger partial charge in [0.1, 0.15) is 5.60 Å². The number of fused-ring (bicyclic) bond motifs is 1. The molecule has 2 aromatic carbocycles. The van der Waals surface area contributed by atoms with Crippen LogP contribution in [0, 0.1) is 16.7 Å². The Morgan fingerprint density at radius 3 is 2.40 bits per heavy atom. The number of halogens is 2. The molecule has 1 unspecified atom stereocenters. The van der Waals surface area contributed by atoms with Gasteiger partial charge >= 0.3 is 0 Å². The number of hydrogen-bond acceptors (Lipinski definition) is 4. The molecule has 2 heterocycles. The number of nitriles is 1. The molecule has 1 aromatic heterocycles. The second-order valence-corrected chi connectivity index (χ2v) is 11.3. The Labute approximate surface area is 216 Å². The average molecular weight is 508 g/mol. The van der Waals surface area contributed by atoms with Crippen LogP contribution in [-0.2, 0) is 4.79 Å². The van der Waals surface area contributed by atoms with Crippen LogP contribution in [0.1, 0.15) is 58.2 Å². The summed E-state index contributed by atoms with van der Waals surface area (Å²) < 4.78 is 6.29. The molecule has 1 aliphatic heterocycles. The summed E-state index contributed by atoms with van der Waals surface area (Å²) in [5.74, 6) is 0.409. The summed E-state index contributed by atoms with van der Waals surface area (Å²) in [6.07, 6.45) is 0.598. The quantitative estimate of drug-likeness (QED) is 0.401. The fourth-order valence-corrected chi connectivity index (χ4v) is 4.48. The molecule has 0 spiro atoms. The molecule has 1 amide bonds. The van der Waals surface area contributed by atoms with Crippen LogP contribution in [0.3, 0.4) is 0 Å². The molecule has 1 aliphatic rings. The Balaban J connectivity index is 1.94. The predicted octanol–water partition coefficient (Wildman–Crippen LogP) is 7.36. The van der Waals surface area contributed by atoms with Crippen LogP contribution in [0.4, 0.5) is 0 Å². The number of pyridine rings is 1. The summed E-state index contributed by atoms with van der Waals surface area (Å²) in [6, 6.07) is 16.5. The lowest BCUT2D eigenvalue weighted by atomic mass is 9.87. The van der Waals surface area contributed by atoms with Crippen molar-refractivity contribution >= 4 is 29.1 Å². The van der Waals surface area contributed by atoms with E-state index in [9.17, 15) is 10.1 Å². The van der Waals surface area contributed by atoms with E-state index in [4.69, 9.17) is 32.9 Å². The minimum Gasteiger partial charge on any atom is -0.471 e. The standard InChI is InChI=1S/C28H27Cl2N3O2/c1-27(2,3)26(34)32-23-14-28(4,5)35-25-21(23)13-20(17-7-9-18(29)10-8-17)24(33-25)19-11-6-16(15-31)12-22(19)30/h6-13,23H,14H2,1-5H3,(H,32,34). The molecule has 180 valence electrons. The first-order chi connectivity index (χ1) is 16.4. The molecule has 1 atom stereocenters. The maximum atomic E-state index is 12.9. The third-order valence-corrected chi connectivity index (χ3v) is 6.52. The number of carbonyl (C=O) groups excluding carboxylic acids is 1. The second kappa shape index (κ2) is 9.18. The molecule has 1 N–H and O–H groups in total. The molecule has 0 bridgehead atoms. The van der Waals surface area contributed by atoms with Gasteiger partial charge in [0.05, 0.1) is 28.4 Å². The fraction of sp³-hybridized carbons (Fsp3) is 0.321. The van der Waals surface area contributed by atoms with E-state index in [0.29, 0.717) is 39.2 Å². The lowest BCUT2D eigenvalue weighted by Crippen LogP contribution is -2.44. The normalized spacial score (nSPS) is 16.6. The summed E-state index contributed by atoms with van der Waals surface area (Å²) >= 11 is 12.8. The Morgan fingerprint density at radius 1 is 1.11 bits per heavy atom. The monoisotopic (exact) mass is 507 g/mol. The SMILES string of the molecule is CC1(C)CC(NC(=O)C(C)(C)C)c2cc(-c3ccc(Cl)cc3)c(-c3ccc(C#N)cc3Cl)nc2O1. The van der Waals surface area contributed by atoms with Gasteiger partial charge in [-0.05, 0) is 55.8 Å². The van der Waals surface area contributed by atoms with Crippen LogP contribution in [0.5, 0.6) is 5.88 Å². The summed E-state index contributed by atoms with van der Waals surface area (Å²) in [6.45, 7) is 9.63. The van der Waals surface area contributed by atoms with Crippen LogP contribution < -0.4 is 10.1 Å². The fourth-order valence-electron chi connectivity index (χ4n) is 4.08. The molecule has 0 fully saturated rings. The Hall–Kier alpha value is -3.07. The van der Waals surface area contributed by atoms with E-state index in [-0.39, 0.29) is 11.9 Å². The smallest absolute Gasteiger partial charge is 0.225 e. The average Bonchev–Trinajstić information content (AvgIpc) is 2.77. The molecular formula is C28H27Cl2N3O2. The van der Waals surface area contributed by atoms with E-state index in [1.165, 1.54) is 0 Å². The highest BCUT2D eigenvalue weighted by Crippen LogP contribution is 2.45. The van der Waals surface area contributed by atoms with Gasteiger partial charge in [0.15, 0.2) is 0 Å². The number of hydrogen-bond donors (Lipinski definition) is 1. The first-order valence-corrected chi connectivity index (χ1v) is 12.1. The zero-order chi connectivity index (χ0) is 25.5. The van der Waals surface area contributed by atoms with E-state index >= 15 is 0 Å². The number of nitrogens with zero attached hydrogens (tertiary/aromatic N) is 2. The van der Waals surface area contributed by atoms with E-state index < -0.39 is 11.0 Å². The third kappa shape index (κ3) is 5.29. The van der Waals surface area contributed by atoms with Crippen LogP contribution in [0.2, 0.25) is 10.0 Å². The van der Waals surface area contributed by atoms with Crippen molar-refractivity contribution in [1.82, 2.24) is 10.3 Å².